The summed E-state index contributed by atoms with van der Waals surface area (Å²) in [6.45, 7) is 9.75. The van der Waals surface area contributed by atoms with Crippen LogP contribution in [0.2, 0.25) is 0 Å². The van der Waals surface area contributed by atoms with Gasteiger partial charge in [-0.3, -0.25) is 9.88 Å². The summed E-state index contributed by atoms with van der Waals surface area (Å²) < 4.78 is 0. The molecule has 2 heterocycles. The summed E-state index contributed by atoms with van der Waals surface area (Å²) in [5.74, 6) is 0. The zero-order chi connectivity index (χ0) is 13.8. The predicted octanol–water partition coefficient (Wildman–Crippen LogP) is 1.81. The van der Waals surface area contributed by atoms with Crippen molar-refractivity contribution >= 4 is 5.69 Å². The number of hydrogen-bond donors (Lipinski definition) is 1. The second kappa shape index (κ2) is 6.35. The molecule has 0 saturated carbocycles. The number of hydrogen-bond acceptors (Lipinski definition) is 4. The maximum absolute atomic E-state index is 6.07. The highest BCUT2D eigenvalue weighted by Gasteiger charge is 2.13. The highest BCUT2D eigenvalue weighted by atomic mass is 15.2. The van der Waals surface area contributed by atoms with Gasteiger partial charge < -0.3 is 10.6 Å². The first-order chi connectivity index (χ1) is 9.08. The predicted molar refractivity (Wildman–Crippen MR) is 80.1 cm³/mol. The van der Waals surface area contributed by atoms with Gasteiger partial charge in [0, 0.05) is 31.5 Å². The van der Waals surface area contributed by atoms with Gasteiger partial charge in [-0.15, -0.1) is 0 Å². The number of likely N-dealkylation sites (tertiary alicyclic amines) is 1. The van der Waals surface area contributed by atoms with Crippen molar-refractivity contribution in [1.82, 2.24) is 14.8 Å². The third-order valence-corrected chi connectivity index (χ3v) is 4.09. The summed E-state index contributed by atoms with van der Waals surface area (Å²) in [5, 5.41) is 0. The summed E-state index contributed by atoms with van der Waals surface area (Å²) in [4.78, 5) is 9.40. The van der Waals surface area contributed by atoms with Gasteiger partial charge in [0.15, 0.2) is 0 Å². The Labute approximate surface area is 116 Å². The molecule has 1 aliphatic heterocycles. The van der Waals surface area contributed by atoms with Crippen LogP contribution in [0.3, 0.4) is 0 Å². The molecule has 0 amide bonds. The topological polar surface area (TPSA) is 45.4 Å². The first-order valence-corrected chi connectivity index (χ1v) is 7.19. The van der Waals surface area contributed by atoms with Gasteiger partial charge in [0.25, 0.3) is 0 Å². The number of anilines is 1. The fourth-order valence-corrected chi connectivity index (χ4v) is 2.60. The summed E-state index contributed by atoms with van der Waals surface area (Å²) in [6, 6.07) is 0. The van der Waals surface area contributed by atoms with Gasteiger partial charge in [0.1, 0.15) is 0 Å². The van der Waals surface area contributed by atoms with Crippen molar-refractivity contribution in [3.8, 4) is 0 Å². The van der Waals surface area contributed by atoms with E-state index in [0.29, 0.717) is 0 Å². The molecule has 1 aromatic rings. The molecule has 0 unspecified atom stereocenters. The lowest BCUT2D eigenvalue weighted by Crippen LogP contribution is -2.31. The van der Waals surface area contributed by atoms with E-state index in [0.717, 1.165) is 42.1 Å². The monoisotopic (exact) mass is 262 g/mol. The van der Waals surface area contributed by atoms with Crippen molar-refractivity contribution in [2.24, 2.45) is 0 Å². The van der Waals surface area contributed by atoms with Crippen LogP contribution in [0.5, 0.6) is 0 Å². The second-order valence-corrected chi connectivity index (χ2v) is 5.71. The molecule has 1 saturated heterocycles. The number of nitrogens with zero attached hydrogens (tertiary/aromatic N) is 3. The molecule has 4 nitrogen and oxygen atoms in total. The minimum Gasteiger partial charge on any atom is -0.398 e. The van der Waals surface area contributed by atoms with Crippen LogP contribution >= 0.6 is 0 Å². The molecule has 0 aliphatic carbocycles. The molecule has 2 rings (SSSR count). The number of nitrogens with two attached hydrogens (primary N) is 1. The van der Waals surface area contributed by atoms with Crippen molar-refractivity contribution in [2.45, 2.75) is 33.2 Å². The molecule has 4 heteroatoms. The van der Waals surface area contributed by atoms with E-state index in [9.17, 15) is 0 Å². The van der Waals surface area contributed by atoms with Gasteiger partial charge >= 0.3 is 0 Å². The van der Waals surface area contributed by atoms with Crippen LogP contribution in [0.15, 0.2) is 6.20 Å². The van der Waals surface area contributed by atoms with Crippen LogP contribution in [-0.2, 0) is 6.54 Å². The van der Waals surface area contributed by atoms with Gasteiger partial charge in [-0.2, -0.15) is 0 Å². The van der Waals surface area contributed by atoms with E-state index in [-0.39, 0.29) is 0 Å². The fourth-order valence-electron chi connectivity index (χ4n) is 2.60. The van der Waals surface area contributed by atoms with Gasteiger partial charge in [0.05, 0.1) is 5.69 Å². The molecule has 106 valence electrons. The molecule has 1 aromatic heterocycles. The van der Waals surface area contributed by atoms with E-state index in [1.807, 2.05) is 13.1 Å². The Morgan fingerprint density at radius 3 is 2.68 bits per heavy atom. The summed E-state index contributed by atoms with van der Waals surface area (Å²) in [6.07, 6.45) is 4.60. The lowest BCUT2D eigenvalue weighted by atomic mass is 10.1. The fraction of sp³-hybridized carbons (Fsp3) is 0.667. The molecule has 2 N–H and O–H groups in total. The quantitative estimate of drug-likeness (QED) is 0.879. The normalized spacial score (nSPS) is 16.4. The summed E-state index contributed by atoms with van der Waals surface area (Å²) in [5.41, 5.74) is 10.3. The van der Waals surface area contributed by atoms with E-state index in [4.69, 9.17) is 5.73 Å². The number of aromatic nitrogens is 1. The average Bonchev–Trinajstić information content (AvgIpc) is 2.90. The number of likely N-dealkylation sites (N-methyl/N-ethyl adjacent to an activating group) is 1. The molecule has 0 aromatic carbocycles. The van der Waals surface area contributed by atoms with E-state index in [2.05, 4.69) is 28.8 Å². The maximum Gasteiger partial charge on any atom is 0.0593 e. The number of aryl methyl sites for hydroxylation is 1. The average molecular weight is 262 g/mol. The van der Waals surface area contributed by atoms with Crippen LogP contribution in [0.25, 0.3) is 0 Å². The lowest BCUT2D eigenvalue weighted by Gasteiger charge is -2.22. The van der Waals surface area contributed by atoms with E-state index < -0.39 is 0 Å². The van der Waals surface area contributed by atoms with Gasteiger partial charge in [0.2, 0.25) is 0 Å². The first-order valence-electron chi connectivity index (χ1n) is 7.19. The minimum absolute atomic E-state index is 0.879. The zero-order valence-corrected chi connectivity index (χ0v) is 12.4. The summed E-state index contributed by atoms with van der Waals surface area (Å²) >= 11 is 0. The Bertz CT molecular complexity index is 424. The van der Waals surface area contributed by atoms with E-state index in [1.165, 1.54) is 25.9 Å². The van der Waals surface area contributed by atoms with Crippen LogP contribution in [0.1, 0.15) is 29.7 Å². The van der Waals surface area contributed by atoms with Crippen molar-refractivity contribution < 1.29 is 0 Å². The second-order valence-electron chi connectivity index (χ2n) is 5.71. The molecule has 0 spiro atoms. The molecule has 19 heavy (non-hydrogen) atoms. The van der Waals surface area contributed by atoms with Crippen molar-refractivity contribution in [3.05, 3.63) is 23.0 Å². The van der Waals surface area contributed by atoms with Crippen molar-refractivity contribution in [1.29, 1.82) is 0 Å². The Hall–Kier alpha value is -1.13. The largest absolute Gasteiger partial charge is 0.398 e. The van der Waals surface area contributed by atoms with Gasteiger partial charge in [-0.25, -0.2) is 0 Å². The van der Waals surface area contributed by atoms with Gasteiger partial charge in [-0.1, -0.05) is 0 Å². The van der Waals surface area contributed by atoms with Crippen molar-refractivity contribution in [2.75, 3.05) is 39.0 Å². The lowest BCUT2D eigenvalue weighted by molar-refractivity contribution is 0.250. The Kier molecular flexibility index (Phi) is 4.77. The number of nitrogen functional groups attached to an aromatic ring is 1. The maximum atomic E-state index is 6.07. The van der Waals surface area contributed by atoms with Crippen LogP contribution in [0, 0.1) is 13.8 Å². The van der Waals surface area contributed by atoms with Crippen LogP contribution in [0.4, 0.5) is 5.69 Å². The highest BCUT2D eigenvalue weighted by molar-refractivity contribution is 5.53. The minimum atomic E-state index is 0.879. The highest BCUT2D eigenvalue weighted by Crippen LogP contribution is 2.18. The zero-order valence-electron chi connectivity index (χ0n) is 12.4. The first kappa shape index (κ1) is 14.3. The molecule has 1 aliphatic rings. The Morgan fingerprint density at radius 1 is 1.32 bits per heavy atom. The molecular formula is C15H26N4. The third-order valence-electron chi connectivity index (χ3n) is 4.09. The molecular weight excluding hydrogens is 236 g/mol. The van der Waals surface area contributed by atoms with Gasteiger partial charge in [-0.05, 0) is 58.0 Å². The van der Waals surface area contributed by atoms with E-state index in [1.54, 1.807) is 0 Å². The van der Waals surface area contributed by atoms with E-state index >= 15 is 0 Å². The van der Waals surface area contributed by atoms with Crippen LogP contribution < -0.4 is 5.73 Å². The molecule has 0 radical (unpaired) electrons. The van der Waals surface area contributed by atoms with Crippen LogP contribution in [-0.4, -0.2) is 48.0 Å². The summed E-state index contributed by atoms with van der Waals surface area (Å²) in [7, 11) is 2.16. The third kappa shape index (κ3) is 3.67. The Morgan fingerprint density at radius 2 is 2.00 bits per heavy atom. The van der Waals surface area contributed by atoms with Crippen molar-refractivity contribution in [3.63, 3.8) is 0 Å². The molecule has 0 atom stereocenters. The smallest absolute Gasteiger partial charge is 0.0593 e. The standard InChI is InChI=1S/C15H26N4/c1-12-10-17-14(13(2)15(12)16)11-18(3)8-9-19-6-4-5-7-19/h10H,4-9,11H2,1-3H3,(H2,16,17). The molecule has 0 bridgehead atoms. The Balaban J connectivity index is 1.87. The molecule has 1 fully saturated rings. The number of rotatable bonds is 5. The SMILES string of the molecule is Cc1cnc(CN(C)CCN2CCCC2)c(C)c1N. The number of pyridine rings is 1.